The van der Waals surface area contributed by atoms with Crippen LogP contribution in [0.5, 0.6) is 0 Å². The van der Waals surface area contributed by atoms with Crippen LogP contribution in [0.1, 0.15) is 22.6 Å². The molecule has 0 fully saturated rings. The van der Waals surface area contributed by atoms with Gasteiger partial charge in [-0.1, -0.05) is 0 Å². The van der Waals surface area contributed by atoms with Gasteiger partial charge in [0.25, 0.3) is 0 Å². The van der Waals surface area contributed by atoms with E-state index in [2.05, 4.69) is 37.7 Å². The van der Waals surface area contributed by atoms with E-state index in [1.54, 1.807) is 17.7 Å². The number of aliphatic imine (C=N–C) groups is 1. The first-order valence-electron chi connectivity index (χ1n) is 6.95. The predicted molar refractivity (Wildman–Crippen MR) is 99.8 cm³/mol. The first-order valence-corrected chi connectivity index (χ1v) is 7.77. The highest BCUT2D eigenvalue weighted by atomic mass is 127. The third kappa shape index (κ3) is 5.87. The van der Waals surface area contributed by atoms with E-state index in [1.807, 2.05) is 24.7 Å². The van der Waals surface area contributed by atoms with Gasteiger partial charge >= 0.3 is 0 Å². The van der Waals surface area contributed by atoms with Crippen molar-refractivity contribution in [2.75, 3.05) is 13.1 Å². The molecule has 2 heterocycles. The van der Waals surface area contributed by atoms with Crippen molar-refractivity contribution in [3.8, 4) is 0 Å². The van der Waals surface area contributed by atoms with Gasteiger partial charge in [0.05, 0.1) is 5.01 Å². The van der Waals surface area contributed by atoms with Crippen molar-refractivity contribution < 1.29 is 0 Å². The molecule has 0 saturated carbocycles. The monoisotopic (exact) mass is 435 g/mol. The number of hydrogen-bond donors (Lipinski definition) is 2. The summed E-state index contributed by atoms with van der Waals surface area (Å²) >= 11 is 1.73. The van der Waals surface area contributed by atoms with Crippen LogP contribution < -0.4 is 10.6 Å². The summed E-state index contributed by atoms with van der Waals surface area (Å²) in [5.74, 6) is 1.62. The van der Waals surface area contributed by atoms with Gasteiger partial charge in [-0.25, -0.2) is 9.98 Å². The van der Waals surface area contributed by atoms with Gasteiger partial charge in [-0.3, -0.25) is 0 Å². The molecule has 0 aliphatic carbocycles. The smallest absolute Gasteiger partial charge is 0.191 e. The Morgan fingerprint density at radius 3 is 2.82 bits per heavy atom. The highest BCUT2D eigenvalue weighted by Crippen LogP contribution is 2.10. The van der Waals surface area contributed by atoms with Gasteiger partial charge < -0.3 is 15.2 Å². The maximum Gasteiger partial charge on any atom is 0.191 e. The number of thiazole rings is 1. The van der Waals surface area contributed by atoms with E-state index >= 15 is 0 Å². The molecule has 0 amide bonds. The maximum absolute atomic E-state index is 4.51. The van der Waals surface area contributed by atoms with E-state index in [1.165, 1.54) is 4.88 Å². The van der Waals surface area contributed by atoms with Crippen molar-refractivity contribution in [1.29, 1.82) is 0 Å². The predicted octanol–water partition coefficient (Wildman–Crippen LogP) is 1.50. The molecule has 2 aromatic heterocycles. The number of aromatic nitrogens is 4. The van der Waals surface area contributed by atoms with Gasteiger partial charge in [-0.15, -0.1) is 45.5 Å². The molecule has 0 atom stereocenters. The topological polar surface area (TPSA) is 80.0 Å². The number of rotatable bonds is 6. The Morgan fingerprint density at radius 2 is 2.23 bits per heavy atom. The van der Waals surface area contributed by atoms with Crippen LogP contribution in [0.2, 0.25) is 0 Å². The molecule has 9 heteroatoms. The van der Waals surface area contributed by atoms with Crippen molar-refractivity contribution in [2.45, 2.75) is 26.8 Å². The Bertz CT molecular complexity index is 593. The SMILES string of the molecule is CCNC(=NCc1nncn1C)NCCc1ncc(C)s1.I. The van der Waals surface area contributed by atoms with Crippen LogP contribution in [0.4, 0.5) is 0 Å². The first-order chi connectivity index (χ1) is 10.2. The average molecular weight is 435 g/mol. The molecule has 2 aromatic rings. The van der Waals surface area contributed by atoms with Crippen LogP contribution in [-0.4, -0.2) is 38.8 Å². The zero-order valence-corrected chi connectivity index (χ0v) is 16.2. The van der Waals surface area contributed by atoms with Crippen LogP contribution in [-0.2, 0) is 20.0 Å². The van der Waals surface area contributed by atoms with Crippen LogP contribution in [0.15, 0.2) is 17.5 Å². The highest BCUT2D eigenvalue weighted by molar-refractivity contribution is 14.0. The number of halogens is 1. The first kappa shape index (κ1) is 18.8. The Balaban J connectivity index is 0.00000242. The van der Waals surface area contributed by atoms with Crippen LogP contribution in [0, 0.1) is 6.92 Å². The quantitative estimate of drug-likeness (QED) is 0.409. The molecule has 0 unspecified atom stereocenters. The lowest BCUT2D eigenvalue weighted by Crippen LogP contribution is -2.38. The van der Waals surface area contributed by atoms with Crippen LogP contribution in [0.3, 0.4) is 0 Å². The summed E-state index contributed by atoms with van der Waals surface area (Å²) in [6.45, 7) is 6.24. The van der Waals surface area contributed by atoms with Gasteiger partial charge in [-0.05, 0) is 13.8 Å². The van der Waals surface area contributed by atoms with Crippen molar-refractivity contribution in [3.05, 3.63) is 28.2 Å². The second kappa shape index (κ2) is 9.72. The molecule has 0 bridgehead atoms. The molecule has 122 valence electrons. The second-order valence-corrected chi connectivity index (χ2v) is 5.91. The number of nitrogens with one attached hydrogen (secondary N) is 2. The van der Waals surface area contributed by atoms with Gasteiger partial charge in [0.2, 0.25) is 0 Å². The fourth-order valence-electron chi connectivity index (χ4n) is 1.75. The minimum absolute atomic E-state index is 0. The summed E-state index contributed by atoms with van der Waals surface area (Å²) in [6.07, 6.45) is 4.48. The Morgan fingerprint density at radius 1 is 1.41 bits per heavy atom. The largest absolute Gasteiger partial charge is 0.357 e. The van der Waals surface area contributed by atoms with E-state index in [-0.39, 0.29) is 24.0 Å². The van der Waals surface area contributed by atoms with E-state index in [0.717, 1.165) is 36.3 Å². The Labute approximate surface area is 151 Å². The van der Waals surface area contributed by atoms with Gasteiger partial charge in [0.15, 0.2) is 11.8 Å². The fraction of sp³-hybridized carbons (Fsp3) is 0.538. The summed E-state index contributed by atoms with van der Waals surface area (Å²) in [5.41, 5.74) is 0. The summed E-state index contributed by atoms with van der Waals surface area (Å²) in [4.78, 5) is 10.1. The molecule has 0 saturated heterocycles. The van der Waals surface area contributed by atoms with Crippen LogP contribution in [0.25, 0.3) is 0 Å². The maximum atomic E-state index is 4.51. The lowest BCUT2D eigenvalue weighted by molar-refractivity contribution is 0.762. The molecular formula is C13H22IN7S. The zero-order valence-electron chi connectivity index (χ0n) is 13.0. The molecule has 0 aliphatic rings. The van der Waals surface area contributed by atoms with Crippen molar-refractivity contribution in [3.63, 3.8) is 0 Å². The van der Waals surface area contributed by atoms with Crippen LogP contribution >= 0.6 is 35.3 Å². The fourth-order valence-corrected chi connectivity index (χ4v) is 2.53. The number of nitrogens with zero attached hydrogens (tertiary/aromatic N) is 5. The molecule has 0 aliphatic heterocycles. The Hall–Kier alpha value is -1.23. The molecule has 2 rings (SSSR count). The lowest BCUT2D eigenvalue weighted by atomic mass is 10.4. The molecule has 0 aromatic carbocycles. The molecule has 0 spiro atoms. The molecule has 22 heavy (non-hydrogen) atoms. The molecule has 7 nitrogen and oxygen atoms in total. The minimum Gasteiger partial charge on any atom is -0.357 e. The van der Waals surface area contributed by atoms with E-state index in [0.29, 0.717) is 6.54 Å². The zero-order chi connectivity index (χ0) is 15.1. The lowest BCUT2D eigenvalue weighted by Gasteiger charge is -2.10. The number of guanidine groups is 1. The van der Waals surface area contributed by atoms with Gasteiger partial charge in [0.1, 0.15) is 12.9 Å². The standard InChI is InChI=1S/C13H21N7S.HI/c1-4-14-13(17-8-11-19-18-9-20(11)3)15-6-5-12-16-7-10(2)21-12;/h7,9H,4-6,8H2,1-3H3,(H2,14,15,17);1H. The van der Waals surface area contributed by atoms with Crippen molar-refractivity contribution >= 4 is 41.3 Å². The molecule has 2 N–H and O–H groups in total. The number of aryl methyl sites for hydroxylation is 2. The van der Waals surface area contributed by atoms with Crippen molar-refractivity contribution in [2.24, 2.45) is 12.0 Å². The van der Waals surface area contributed by atoms with Gasteiger partial charge in [-0.2, -0.15) is 0 Å². The van der Waals surface area contributed by atoms with Gasteiger partial charge in [0, 0.05) is 37.6 Å². The summed E-state index contributed by atoms with van der Waals surface area (Å²) in [7, 11) is 1.91. The van der Waals surface area contributed by atoms with E-state index in [4.69, 9.17) is 0 Å². The summed E-state index contributed by atoms with van der Waals surface area (Å²) in [5, 5.41) is 15.5. The summed E-state index contributed by atoms with van der Waals surface area (Å²) in [6, 6.07) is 0. The number of hydrogen-bond acceptors (Lipinski definition) is 5. The normalized spacial score (nSPS) is 11.1. The third-order valence-corrected chi connectivity index (χ3v) is 3.80. The summed E-state index contributed by atoms with van der Waals surface area (Å²) < 4.78 is 1.87. The van der Waals surface area contributed by atoms with E-state index < -0.39 is 0 Å². The third-order valence-electron chi connectivity index (χ3n) is 2.83. The highest BCUT2D eigenvalue weighted by Gasteiger charge is 2.03. The Kier molecular flexibility index (Phi) is 8.31. The second-order valence-electron chi connectivity index (χ2n) is 4.59. The van der Waals surface area contributed by atoms with Crippen molar-refractivity contribution in [1.82, 2.24) is 30.4 Å². The molecule has 0 radical (unpaired) electrons. The molecular weight excluding hydrogens is 413 g/mol. The minimum atomic E-state index is 0. The van der Waals surface area contributed by atoms with E-state index in [9.17, 15) is 0 Å². The average Bonchev–Trinajstić information content (AvgIpc) is 3.05.